The van der Waals surface area contributed by atoms with Crippen LogP contribution in [-0.4, -0.2) is 44.7 Å². The van der Waals surface area contributed by atoms with Crippen LogP contribution in [0, 0.1) is 17.7 Å². The minimum Gasteiger partial charge on any atom is -0.347 e. The average Bonchev–Trinajstić information content (AvgIpc) is 3.20. The van der Waals surface area contributed by atoms with Gasteiger partial charge in [0.1, 0.15) is 11.6 Å². The first-order valence-corrected chi connectivity index (χ1v) is 9.85. The molecule has 5 rings (SSSR count). The molecule has 0 radical (unpaired) electrons. The van der Waals surface area contributed by atoms with Gasteiger partial charge in [0.05, 0.1) is 0 Å². The fourth-order valence-corrected chi connectivity index (χ4v) is 4.57. The van der Waals surface area contributed by atoms with Crippen LogP contribution in [0.15, 0.2) is 24.3 Å². The van der Waals surface area contributed by atoms with Crippen molar-refractivity contribution in [3.8, 4) is 0 Å². The van der Waals surface area contributed by atoms with Crippen molar-refractivity contribution in [2.24, 2.45) is 11.8 Å². The van der Waals surface area contributed by atoms with Gasteiger partial charge in [-0.15, -0.1) is 10.2 Å². The summed E-state index contributed by atoms with van der Waals surface area (Å²) >= 11 is 0. The van der Waals surface area contributed by atoms with Gasteiger partial charge in [-0.1, -0.05) is 12.1 Å². The zero-order valence-corrected chi connectivity index (χ0v) is 15.3. The Morgan fingerprint density at radius 1 is 1.11 bits per heavy atom. The Balaban J connectivity index is 1.26. The minimum atomic E-state index is -0.195. The predicted molar refractivity (Wildman–Crippen MR) is 97.5 cm³/mol. The van der Waals surface area contributed by atoms with Crippen LogP contribution in [0.3, 0.4) is 0 Å². The maximum Gasteiger partial charge on any atom is 0.289 e. The number of carbonyl (C=O) groups excluding carboxylic acids is 1. The Kier molecular flexibility index (Phi) is 4.19. The van der Waals surface area contributed by atoms with Crippen LogP contribution in [0.5, 0.6) is 0 Å². The lowest BCUT2D eigenvalue weighted by atomic mass is 9.89. The van der Waals surface area contributed by atoms with E-state index < -0.39 is 0 Å². The summed E-state index contributed by atoms with van der Waals surface area (Å²) in [6, 6.07) is 7.06. The quantitative estimate of drug-likeness (QED) is 0.896. The predicted octanol–water partition coefficient (Wildman–Crippen LogP) is 2.00. The number of fused-ring (bicyclic) bond motifs is 2. The van der Waals surface area contributed by atoms with Crippen molar-refractivity contribution in [3.05, 3.63) is 47.3 Å². The molecular weight excluding hydrogens is 345 g/mol. The number of hydrogen-bond donors (Lipinski definition) is 1. The topological polar surface area (TPSA) is 63.1 Å². The summed E-state index contributed by atoms with van der Waals surface area (Å²) in [5, 5.41) is 11.6. The molecule has 2 atom stereocenters. The summed E-state index contributed by atoms with van der Waals surface area (Å²) < 4.78 is 15.1. The van der Waals surface area contributed by atoms with E-state index in [1.807, 2.05) is 16.7 Å². The van der Waals surface area contributed by atoms with Gasteiger partial charge in [-0.3, -0.25) is 9.69 Å². The molecule has 1 saturated heterocycles. The fourth-order valence-electron chi connectivity index (χ4n) is 4.57. The van der Waals surface area contributed by atoms with Gasteiger partial charge in [0.2, 0.25) is 5.82 Å². The van der Waals surface area contributed by atoms with E-state index in [2.05, 4.69) is 20.4 Å². The third kappa shape index (κ3) is 3.25. The molecule has 1 aromatic carbocycles. The van der Waals surface area contributed by atoms with Crippen LogP contribution in [0.1, 0.15) is 41.3 Å². The second-order valence-corrected chi connectivity index (χ2v) is 8.20. The largest absolute Gasteiger partial charge is 0.347 e. The monoisotopic (exact) mass is 369 g/mol. The van der Waals surface area contributed by atoms with Crippen LogP contribution >= 0.6 is 0 Å². The second kappa shape index (κ2) is 6.71. The molecule has 1 saturated carbocycles. The highest BCUT2D eigenvalue weighted by molar-refractivity contribution is 5.91. The van der Waals surface area contributed by atoms with Crippen LogP contribution in [-0.2, 0) is 19.5 Å². The molecule has 0 spiro atoms. The maximum absolute atomic E-state index is 13.1. The number of likely N-dealkylation sites (tertiary alicyclic amines) is 1. The maximum atomic E-state index is 13.1. The van der Waals surface area contributed by atoms with Gasteiger partial charge in [0.15, 0.2) is 0 Å². The molecule has 1 aromatic heterocycles. The van der Waals surface area contributed by atoms with Gasteiger partial charge < -0.3 is 9.88 Å². The van der Waals surface area contributed by atoms with Crippen LogP contribution in [0.25, 0.3) is 0 Å². The molecule has 2 aliphatic heterocycles. The smallest absolute Gasteiger partial charge is 0.289 e. The molecule has 1 aliphatic carbocycles. The van der Waals surface area contributed by atoms with Gasteiger partial charge in [0.25, 0.3) is 5.91 Å². The van der Waals surface area contributed by atoms with Gasteiger partial charge in [0, 0.05) is 38.6 Å². The number of nitrogens with zero attached hydrogens (tertiary/aromatic N) is 4. The Morgan fingerprint density at radius 2 is 1.89 bits per heavy atom. The first-order chi connectivity index (χ1) is 13.2. The lowest BCUT2D eigenvalue weighted by Gasteiger charge is -2.28. The van der Waals surface area contributed by atoms with Crippen molar-refractivity contribution in [2.75, 3.05) is 13.1 Å². The van der Waals surface area contributed by atoms with Crippen molar-refractivity contribution in [3.63, 3.8) is 0 Å². The van der Waals surface area contributed by atoms with E-state index in [0.717, 1.165) is 56.8 Å². The van der Waals surface area contributed by atoms with E-state index in [4.69, 9.17) is 0 Å². The molecule has 0 unspecified atom stereocenters. The summed E-state index contributed by atoms with van der Waals surface area (Å²) in [4.78, 5) is 15.0. The highest BCUT2D eigenvalue weighted by atomic mass is 19.1. The molecule has 27 heavy (non-hydrogen) atoms. The molecule has 2 aromatic rings. The normalized spacial score (nSPS) is 24.9. The first-order valence-electron chi connectivity index (χ1n) is 9.85. The van der Waals surface area contributed by atoms with E-state index in [9.17, 15) is 9.18 Å². The van der Waals surface area contributed by atoms with Crippen molar-refractivity contribution in [1.82, 2.24) is 25.0 Å². The number of rotatable bonds is 4. The Labute approximate surface area is 157 Å². The molecule has 142 valence electrons. The van der Waals surface area contributed by atoms with Crippen LogP contribution < -0.4 is 5.32 Å². The standard InChI is InChI=1S/C20H24FN5O/c21-16-6-4-13(5-7-16)9-25-10-14-8-18-23-24-19(26(18)12-15(14)11-25)20(27)22-17-2-1-3-17/h4-7,14-15,17H,1-3,8-12H2,(H,22,27)/t14-,15+/m1/s1. The van der Waals surface area contributed by atoms with E-state index in [-0.39, 0.29) is 11.7 Å². The number of benzene rings is 1. The van der Waals surface area contributed by atoms with Crippen LogP contribution in [0.4, 0.5) is 4.39 Å². The zero-order valence-electron chi connectivity index (χ0n) is 15.3. The number of carbonyl (C=O) groups is 1. The highest BCUT2D eigenvalue weighted by Gasteiger charge is 2.39. The molecule has 0 bridgehead atoms. The van der Waals surface area contributed by atoms with Crippen molar-refractivity contribution in [2.45, 2.75) is 44.8 Å². The lowest BCUT2D eigenvalue weighted by molar-refractivity contribution is 0.0898. The van der Waals surface area contributed by atoms with E-state index in [1.165, 1.54) is 18.6 Å². The Morgan fingerprint density at radius 3 is 2.63 bits per heavy atom. The van der Waals surface area contributed by atoms with Crippen molar-refractivity contribution >= 4 is 5.91 Å². The third-order valence-corrected chi connectivity index (χ3v) is 6.30. The SMILES string of the molecule is O=C(NC1CCC1)c1nnc2n1C[C@@H]1CN(Cc3ccc(F)cc3)C[C@H]1C2. The molecule has 1 N–H and O–H groups in total. The fraction of sp³-hybridized carbons (Fsp3) is 0.550. The van der Waals surface area contributed by atoms with Gasteiger partial charge in [-0.05, 0) is 48.8 Å². The average molecular weight is 369 g/mol. The molecule has 3 aliphatic rings. The summed E-state index contributed by atoms with van der Waals surface area (Å²) in [6.07, 6.45) is 4.19. The van der Waals surface area contributed by atoms with Gasteiger partial charge >= 0.3 is 0 Å². The Hall–Kier alpha value is -2.28. The summed E-state index contributed by atoms with van der Waals surface area (Å²) in [5.74, 6) is 2.16. The van der Waals surface area contributed by atoms with E-state index >= 15 is 0 Å². The molecule has 2 fully saturated rings. The summed E-state index contributed by atoms with van der Waals surface area (Å²) in [5.41, 5.74) is 1.13. The first kappa shape index (κ1) is 16.9. The van der Waals surface area contributed by atoms with Gasteiger partial charge in [-0.25, -0.2) is 4.39 Å². The highest BCUT2D eigenvalue weighted by Crippen LogP contribution is 2.33. The molecule has 1 amide bonds. The number of aromatic nitrogens is 3. The number of nitrogens with one attached hydrogen (secondary N) is 1. The molecule has 6 nitrogen and oxygen atoms in total. The zero-order chi connectivity index (χ0) is 18.4. The van der Waals surface area contributed by atoms with Crippen molar-refractivity contribution in [1.29, 1.82) is 0 Å². The summed E-state index contributed by atoms with van der Waals surface area (Å²) in [6.45, 7) is 3.64. The summed E-state index contributed by atoms with van der Waals surface area (Å²) in [7, 11) is 0. The number of hydrogen-bond acceptors (Lipinski definition) is 4. The Bertz CT molecular complexity index is 845. The third-order valence-electron chi connectivity index (χ3n) is 6.30. The molecule has 3 heterocycles. The minimum absolute atomic E-state index is 0.0851. The van der Waals surface area contributed by atoms with Gasteiger partial charge in [-0.2, -0.15) is 0 Å². The van der Waals surface area contributed by atoms with E-state index in [0.29, 0.717) is 23.7 Å². The molecule has 7 heteroatoms. The second-order valence-electron chi connectivity index (χ2n) is 8.20. The number of halogens is 1. The van der Waals surface area contributed by atoms with E-state index in [1.54, 1.807) is 0 Å². The number of amides is 1. The lowest BCUT2D eigenvalue weighted by Crippen LogP contribution is -2.41. The van der Waals surface area contributed by atoms with Crippen LogP contribution in [0.2, 0.25) is 0 Å². The van der Waals surface area contributed by atoms with Crippen molar-refractivity contribution < 1.29 is 9.18 Å². The molecular formula is C20H24FN5O.